The van der Waals surface area contributed by atoms with Gasteiger partial charge in [-0.05, 0) is 72.7 Å². The normalized spacial score (nSPS) is 14.2. The van der Waals surface area contributed by atoms with Crippen molar-refractivity contribution in [3.8, 4) is 11.3 Å². The zero-order valence-electron chi connectivity index (χ0n) is 14.3. The molecule has 0 bridgehead atoms. The Morgan fingerprint density at radius 3 is 2.69 bits per heavy atom. The summed E-state index contributed by atoms with van der Waals surface area (Å²) in [6.45, 7) is 0.182. The molecule has 5 nitrogen and oxygen atoms in total. The second-order valence-electron chi connectivity index (χ2n) is 6.52. The van der Waals surface area contributed by atoms with Crippen molar-refractivity contribution in [2.45, 2.75) is 37.1 Å². The fourth-order valence-electron chi connectivity index (χ4n) is 3.30. The Labute approximate surface area is 153 Å². The van der Waals surface area contributed by atoms with Gasteiger partial charge in [0.05, 0.1) is 11.2 Å². The van der Waals surface area contributed by atoms with E-state index < -0.39 is 10.0 Å². The van der Waals surface area contributed by atoms with Gasteiger partial charge in [0.1, 0.15) is 5.76 Å². The van der Waals surface area contributed by atoms with Crippen LogP contribution in [0.3, 0.4) is 0 Å². The SMILES string of the molecule is O=S(=O)(NCc1cncc(-c2ccco2)c1)c1ccc2c(c1)CCCC2. The van der Waals surface area contributed by atoms with Crippen LogP contribution in [0.25, 0.3) is 11.3 Å². The molecule has 0 radical (unpaired) electrons. The van der Waals surface area contributed by atoms with Crippen LogP contribution in [0.1, 0.15) is 29.5 Å². The summed E-state index contributed by atoms with van der Waals surface area (Å²) >= 11 is 0. The molecule has 4 rings (SSSR count). The monoisotopic (exact) mass is 368 g/mol. The minimum absolute atomic E-state index is 0.182. The van der Waals surface area contributed by atoms with Gasteiger partial charge in [0.2, 0.25) is 10.0 Å². The highest BCUT2D eigenvalue weighted by atomic mass is 32.2. The van der Waals surface area contributed by atoms with Crippen molar-refractivity contribution in [1.29, 1.82) is 0 Å². The summed E-state index contributed by atoms with van der Waals surface area (Å²) in [5.74, 6) is 0.705. The van der Waals surface area contributed by atoms with E-state index in [1.54, 1.807) is 30.8 Å². The van der Waals surface area contributed by atoms with Crippen molar-refractivity contribution >= 4 is 10.0 Å². The smallest absolute Gasteiger partial charge is 0.240 e. The van der Waals surface area contributed by atoms with Gasteiger partial charge in [-0.15, -0.1) is 0 Å². The average molecular weight is 368 g/mol. The topological polar surface area (TPSA) is 72.2 Å². The highest BCUT2D eigenvalue weighted by Gasteiger charge is 2.17. The van der Waals surface area contributed by atoms with Gasteiger partial charge in [-0.3, -0.25) is 4.98 Å². The Balaban J connectivity index is 1.51. The van der Waals surface area contributed by atoms with Crippen LogP contribution in [0.2, 0.25) is 0 Å². The van der Waals surface area contributed by atoms with Crippen LogP contribution in [-0.4, -0.2) is 13.4 Å². The molecule has 0 atom stereocenters. The molecule has 6 heteroatoms. The van der Waals surface area contributed by atoms with Crippen molar-refractivity contribution in [3.05, 3.63) is 71.7 Å². The van der Waals surface area contributed by atoms with Crippen LogP contribution in [0.4, 0.5) is 0 Å². The van der Waals surface area contributed by atoms with Gasteiger partial charge < -0.3 is 4.42 Å². The molecule has 0 fully saturated rings. The van der Waals surface area contributed by atoms with E-state index in [9.17, 15) is 8.42 Å². The molecule has 3 aromatic rings. The van der Waals surface area contributed by atoms with Gasteiger partial charge in [0.15, 0.2) is 0 Å². The average Bonchev–Trinajstić information content (AvgIpc) is 3.21. The van der Waals surface area contributed by atoms with E-state index in [2.05, 4.69) is 9.71 Å². The molecule has 1 aliphatic rings. The molecule has 0 saturated heterocycles. The summed E-state index contributed by atoms with van der Waals surface area (Å²) in [4.78, 5) is 4.50. The van der Waals surface area contributed by atoms with E-state index in [1.807, 2.05) is 24.3 Å². The second-order valence-corrected chi connectivity index (χ2v) is 8.29. The molecule has 0 amide bonds. The van der Waals surface area contributed by atoms with Gasteiger partial charge in [-0.1, -0.05) is 6.07 Å². The Morgan fingerprint density at radius 2 is 1.88 bits per heavy atom. The van der Waals surface area contributed by atoms with Crippen molar-refractivity contribution in [2.75, 3.05) is 0 Å². The lowest BCUT2D eigenvalue weighted by Crippen LogP contribution is -2.23. The van der Waals surface area contributed by atoms with Crippen molar-refractivity contribution in [2.24, 2.45) is 0 Å². The lowest BCUT2D eigenvalue weighted by molar-refractivity contribution is 0.580. The first kappa shape index (κ1) is 17.0. The number of fused-ring (bicyclic) bond motifs is 1. The number of sulfonamides is 1. The van der Waals surface area contributed by atoms with E-state index in [0.717, 1.165) is 36.0 Å². The Kier molecular flexibility index (Phi) is 4.61. The summed E-state index contributed by atoms with van der Waals surface area (Å²) in [6.07, 6.45) is 9.23. The minimum atomic E-state index is -3.56. The number of hydrogen-bond donors (Lipinski definition) is 1. The number of hydrogen-bond acceptors (Lipinski definition) is 4. The quantitative estimate of drug-likeness (QED) is 0.745. The summed E-state index contributed by atoms with van der Waals surface area (Å²) in [7, 11) is -3.56. The van der Waals surface area contributed by atoms with E-state index in [-0.39, 0.29) is 6.54 Å². The summed E-state index contributed by atoms with van der Waals surface area (Å²) in [5, 5.41) is 0. The number of furan rings is 1. The number of aryl methyl sites for hydroxylation is 2. The molecule has 2 heterocycles. The molecule has 0 aliphatic heterocycles. The molecule has 1 N–H and O–H groups in total. The molecule has 26 heavy (non-hydrogen) atoms. The molecule has 2 aromatic heterocycles. The number of benzene rings is 1. The third-order valence-corrected chi connectivity index (χ3v) is 6.10. The van der Waals surface area contributed by atoms with Crippen LogP contribution in [0.15, 0.2) is 64.4 Å². The summed E-state index contributed by atoms with van der Waals surface area (Å²) < 4.78 is 33.3. The summed E-state index contributed by atoms with van der Waals surface area (Å²) in [6, 6.07) is 11.0. The first-order valence-corrected chi connectivity index (χ1v) is 10.2. The number of nitrogens with one attached hydrogen (secondary N) is 1. The maximum atomic E-state index is 12.7. The third kappa shape index (κ3) is 3.57. The lowest BCUT2D eigenvalue weighted by Gasteiger charge is -2.16. The molecule has 0 unspecified atom stereocenters. The number of nitrogens with zero attached hydrogens (tertiary/aromatic N) is 1. The van der Waals surface area contributed by atoms with Crippen LogP contribution < -0.4 is 4.72 Å². The predicted molar refractivity (Wildman–Crippen MR) is 99.0 cm³/mol. The number of rotatable bonds is 5. The predicted octanol–water partition coefficient (Wildman–Crippen LogP) is 3.70. The molecule has 0 saturated carbocycles. The number of aromatic nitrogens is 1. The zero-order valence-corrected chi connectivity index (χ0v) is 15.1. The van der Waals surface area contributed by atoms with Crippen LogP contribution in [0, 0.1) is 0 Å². The molecule has 134 valence electrons. The van der Waals surface area contributed by atoms with Crippen molar-refractivity contribution < 1.29 is 12.8 Å². The van der Waals surface area contributed by atoms with Gasteiger partial charge in [-0.25, -0.2) is 13.1 Å². The first-order chi connectivity index (χ1) is 12.6. The van der Waals surface area contributed by atoms with Crippen LogP contribution >= 0.6 is 0 Å². The number of pyridine rings is 1. The Morgan fingerprint density at radius 1 is 1.04 bits per heavy atom. The van der Waals surface area contributed by atoms with Crippen LogP contribution in [-0.2, 0) is 29.4 Å². The summed E-state index contributed by atoms with van der Waals surface area (Å²) in [5.41, 5.74) is 4.02. The first-order valence-electron chi connectivity index (χ1n) is 8.71. The second kappa shape index (κ2) is 7.05. The highest BCUT2D eigenvalue weighted by molar-refractivity contribution is 7.89. The van der Waals surface area contributed by atoms with Gasteiger partial charge in [0.25, 0.3) is 0 Å². The van der Waals surface area contributed by atoms with E-state index in [1.165, 1.54) is 12.0 Å². The maximum absolute atomic E-state index is 12.7. The fourth-order valence-corrected chi connectivity index (χ4v) is 4.37. The van der Waals surface area contributed by atoms with Crippen molar-refractivity contribution in [3.63, 3.8) is 0 Å². The Bertz CT molecular complexity index is 1010. The Hall–Kier alpha value is -2.44. The third-order valence-electron chi connectivity index (χ3n) is 4.70. The van der Waals surface area contributed by atoms with Gasteiger partial charge in [-0.2, -0.15) is 0 Å². The van der Waals surface area contributed by atoms with Gasteiger partial charge in [0, 0.05) is 24.5 Å². The molecule has 0 spiro atoms. The highest BCUT2D eigenvalue weighted by Crippen LogP contribution is 2.24. The molecule has 1 aromatic carbocycles. The van der Waals surface area contributed by atoms with E-state index >= 15 is 0 Å². The lowest BCUT2D eigenvalue weighted by atomic mass is 9.92. The van der Waals surface area contributed by atoms with E-state index in [0.29, 0.717) is 10.7 Å². The molecule has 1 aliphatic carbocycles. The fraction of sp³-hybridized carbons (Fsp3) is 0.250. The van der Waals surface area contributed by atoms with Crippen molar-refractivity contribution in [1.82, 2.24) is 9.71 Å². The largest absolute Gasteiger partial charge is 0.464 e. The minimum Gasteiger partial charge on any atom is -0.464 e. The maximum Gasteiger partial charge on any atom is 0.240 e. The zero-order chi connectivity index (χ0) is 18.0. The van der Waals surface area contributed by atoms with E-state index in [4.69, 9.17) is 4.42 Å². The van der Waals surface area contributed by atoms with Crippen LogP contribution in [0.5, 0.6) is 0 Å². The standard InChI is InChI=1S/C20H20N2O3S/c23-26(24,19-8-7-16-4-1-2-5-17(16)11-19)22-13-15-10-18(14-21-12-15)20-6-3-9-25-20/h3,6-12,14,22H,1-2,4-5,13H2. The molecular weight excluding hydrogens is 348 g/mol. The van der Waals surface area contributed by atoms with Gasteiger partial charge >= 0.3 is 0 Å². The molecular formula is C20H20N2O3S.